The van der Waals surface area contributed by atoms with Gasteiger partial charge in [-0.25, -0.2) is 0 Å². The molecule has 1 atom stereocenters. The third kappa shape index (κ3) is 5.51. The third-order valence-electron chi connectivity index (χ3n) is 3.55. The van der Waals surface area contributed by atoms with E-state index in [1.54, 1.807) is 0 Å². The van der Waals surface area contributed by atoms with Gasteiger partial charge in [-0.15, -0.1) is 0 Å². The molecule has 0 aliphatic carbocycles. The minimum atomic E-state index is 0.419. The van der Waals surface area contributed by atoms with Crippen molar-refractivity contribution in [1.82, 2.24) is 5.32 Å². The van der Waals surface area contributed by atoms with E-state index in [0.29, 0.717) is 6.04 Å². The molecule has 1 aromatic carbocycles. The average Bonchev–Trinajstić information content (AvgIpc) is 2.49. The second-order valence-electron chi connectivity index (χ2n) is 5.04. The second-order valence-corrected chi connectivity index (χ2v) is 5.04. The predicted molar refractivity (Wildman–Crippen MR) is 87.5 cm³/mol. The number of hydrogen-bond acceptors (Lipinski definition) is 3. The zero-order valence-corrected chi connectivity index (χ0v) is 13.5. The van der Waals surface area contributed by atoms with Crippen LogP contribution < -0.4 is 10.2 Å². The van der Waals surface area contributed by atoms with Crippen molar-refractivity contribution in [2.75, 3.05) is 37.7 Å². The molecule has 114 valence electrons. The lowest BCUT2D eigenvalue weighted by Gasteiger charge is -2.23. The van der Waals surface area contributed by atoms with Gasteiger partial charge in [0.05, 0.1) is 6.61 Å². The van der Waals surface area contributed by atoms with Gasteiger partial charge in [0.2, 0.25) is 0 Å². The van der Waals surface area contributed by atoms with Crippen molar-refractivity contribution in [2.24, 2.45) is 0 Å². The maximum absolute atomic E-state index is 5.44. The molecule has 0 heterocycles. The summed E-state index contributed by atoms with van der Waals surface area (Å²) in [6, 6.07) is 9.31. The number of nitrogens with one attached hydrogen (secondary N) is 1. The Balaban J connectivity index is 2.58. The van der Waals surface area contributed by atoms with Crippen LogP contribution in [0.4, 0.5) is 5.69 Å². The molecule has 0 bridgehead atoms. The summed E-state index contributed by atoms with van der Waals surface area (Å²) >= 11 is 0. The zero-order valence-electron chi connectivity index (χ0n) is 13.5. The van der Waals surface area contributed by atoms with Crippen LogP contribution in [0.3, 0.4) is 0 Å². The van der Waals surface area contributed by atoms with Gasteiger partial charge in [0.1, 0.15) is 0 Å². The number of rotatable bonds is 10. The predicted octanol–water partition coefficient (Wildman–Crippen LogP) is 3.61. The maximum Gasteiger partial charge on any atom is 0.0641 e. The van der Waals surface area contributed by atoms with E-state index in [9.17, 15) is 0 Å². The van der Waals surface area contributed by atoms with Crippen LogP contribution in [-0.2, 0) is 4.74 Å². The zero-order chi connectivity index (χ0) is 14.8. The van der Waals surface area contributed by atoms with Crippen LogP contribution in [0.25, 0.3) is 0 Å². The summed E-state index contributed by atoms with van der Waals surface area (Å²) in [4.78, 5) is 2.35. The Kier molecular flexibility index (Phi) is 8.31. The molecule has 1 unspecified atom stereocenters. The minimum Gasteiger partial charge on any atom is -0.380 e. The van der Waals surface area contributed by atoms with E-state index in [1.807, 2.05) is 6.92 Å². The van der Waals surface area contributed by atoms with Crippen molar-refractivity contribution < 1.29 is 4.74 Å². The fraction of sp³-hybridized carbons (Fsp3) is 0.647. The van der Waals surface area contributed by atoms with Gasteiger partial charge in [0.15, 0.2) is 0 Å². The highest BCUT2D eigenvalue weighted by atomic mass is 16.5. The van der Waals surface area contributed by atoms with E-state index in [-0.39, 0.29) is 0 Å². The largest absolute Gasteiger partial charge is 0.380 e. The lowest BCUT2D eigenvalue weighted by molar-refractivity contribution is 0.154. The molecule has 0 aliphatic heterocycles. The quantitative estimate of drug-likeness (QED) is 0.662. The van der Waals surface area contributed by atoms with E-state index >= 15 is 0 Å². The Labute approximate surface area is 124 Å². The van der Waals surface area contributed by atoms with Crippen LogP contribution in [0, 0.1) is 0 Å². The van der Waals surface area contributed by atoms with Crippen LogP contribution >= 0.6 is 0 Å². The Hall–Kier alpha value is -1.06. The molecule has 0 spiro atoms. The molecule has 3 nitrogen and oxygen atoms in total. The molecule has 1 aromatic rings. The molecule has 20 heavy (non-hydrogen) atoms. The second kappa shape index (κ2) is 9.78. The Morgan fingerprint density at radius 1 is 1.15 bits per heavy atom. The first kappa shape index (κ1) is 17.0. The summed E-state index contributed by atoms with van der Waals surface area (Å²) in [6.45, 7) is 13.2. The van der Waals surface area contributed by atoms with E-state index in [1.165, 1.54) is 17.7 Å². The van der Waals surface area contributed by atoms with Crippen molar-refractivity contribution in [3.05, 3.63) is 29.8 Å². The van der Waals surface area contributed by atoms with Gasteiger partial charge < -0.3 is 15.0 Å². The SMILES string of the molecule is CCCNC(C)c1ccc(N(CC)CCOCC)cc1. The summed E-state index contributed by atoms with van der Waals surface area (Å²) in [5.41, 5.74) is 2.63. The van der Waals surface area contributed by atoms with Crippen molar-refractivity contribution in [3.63, 3.8) is 0 Å². The number of ether oxygens (including phenoxy) is 1. The molecule has 0 fully saturated rings. The standard InChI is InChI=1S/C17H30N2O/c1-5-12-18-15(4)16-8-10-17(11-9-16)19(6-2)13-14-20-7-3/h8-11,15,18H,5-7,12-14H2,1-4H3. The van der Waals surface area contributed by atoms with E-state index in [0.717, 1.165) is 32.8 Å². The summed E-state index contributed by atoms with van der Waals surface area (Å²) < 4.78 is 5.44. The molecule has 1 N–H and O–H groups in total. The number of likely N-dealkylation sites (N-methyl/N-ethyl adjacent to an activating group) is 1. The van der Waals surface area contributed by atoms with E-state index in [4.69, 9.17) is 4.74 Å². The first-order valence-electron chi connectivity index (χ1n) is 7.88. The fourth-order valence-corrected chi connectivity index (χ4v) is 2.24. The molecular formula is C17H30N2O. The van der Waals surface area contributed by atoms with E-state index in [2.05, 4.69) is 55.3 Å². The molecule has 3 heteroatoms. The number of benzene rings is 1. The Morgan fingerprint density at radius 3 is 2.40 bits per heavy atom. The topological polar surface area (TPSA) is 24.5 Å². The smallest absolute Gasteiger partial charge is 0.0641 e. The van der Waals surface area contributed by atoms with Crippen molar-refractivity contribution in [1.29, 1.82) is 0 Å². The highest BCUT2D eigenvalue weighted by Crippen LogP contribution is 2.19. The van der Waals surface area contributed by atoms with Crippen molar-refractivity contribution in [3.8, 4) is 0 Å². The summed E-state index contributed by atoms with van der Waals surface area (Å²) in [6.07, 6.45) is 1.17. The lowest BCUT2D eigenvalue weighted by Crippen LogP contribution is -2.27. The number of nitrogens with zero attached hydrogens (tertiary/aromatic N) is 1. The molecule has 0 aliphatic rings. The van der Waals surface area contributed by atoms with Crippen LogP contribution in [0.5, 0.6) is 0 Å². The summed E-state index contributed by atoms with van der Waals surface area (Å²) in [5.74, 6) is 0. The molecule has 1 rings (SSSR count). The van der Waals surface area contributed by atoms with Gasteiger partial charge in [-0.1, -0.05) is 19.1 Å². The lowest BCUT2D eigenvalue weighted by atomic mass is 10.1. The van der Waals surface area contributed by atoms with Gasteiger partial charge >= 0.3 is 0 Å². The first-order chi connectivity index (χ1) is 9.72. The fourth-order valence-electron chi connectivity index (χ4n) is 2.24. The van der Waals surface area contributed by atoms with Gasteiger partial charge in [0.25, 0.3) is 0 Å². The van der Waals surface area contributed by atoms with Gasteiger partial charge in [-0.05, 0) is 51.4 Å². The Morgan fingerprint density at radius 2 is 1.85 bits per heavy atom. The highest BCUT2D eigenvalue weighted by Gasteiger charge is 2.07. The highest BCUT2D eigenvalue weighted by molar-refractivity contribution is 5.47. The monoisotopic (exact) mass is 278 g/mol. The van der Waals surface area contributed by atoms with Gasteiger partial charge in [0, 0.05) is 31.4 Å². The number of anilines is 1. The molecular weight excluding hydrogens is 248 g/mol. The molecule has 0 radical (unpaired) electrons. The van der Waals surface area contributed by atoms with Crippen LogP contribution in [0.2, 0.25) is 0 Å². The summed E-state index contributed by atoms with van der Waals surface area (Å²) in [5, 5.41) is 3.52. The maximum atomic E-state index is 5.44. The third-order valence-corrected chi connectivity index (χ3v) is 3.55. The van der Waals surface area contributed by atoms with Crippen LogP contribution in [-0.4, -0.2) is 32.8 Å². The van der Waals surface area contributed by atoms with Crippen LogP contribution in [0.1, 0.15) is 45.7 Å². The van der Waals surface area contributed by atoms with Gasteiger partial charge in [-0.2, -0.15) is 0 Å². The Bertz CT molecular complexity index is 351. The first-order valence-corrected chi connectivity index (χ1v) is 7.88. The molecule has 0 amide bonds. The van der Waals surface area contributed by atoms with Gasteiger partial charge in [-0.3, -0.25) is 0 Å². The minimum absolute atomic E-state index is 0.419. The van der Waals surface area contributed by atoms with Crippen LogP contribution in [0.15, 0.2) is 24.3 Å². The number of hydrogen-bond donors (Lipinski definition) is 1. The molecule has 0 aromatic heterocycles. The molecule has 0 saturated heterocycles. The van der Waals surface area contributed by atoms with Crippen molar-refractivity contribution in [2.45, 2.75) is 40.2 Å². The summed E-state index contributed by atoms with van der Waals surface area (Å²) in [7, 11) is 0. The molecule has 0 saturated carbocycles. The van der Waals surface area contributed by atoms with E-state index < -0.39 is 0 Å². The van der Waals surface area contributed by atoms with Crippen molar-refractivity contribution >= 4 is 5.69 Å². The average molecular weight is 278 g/mol. The normalized spacial score (nSPS) is 12.4.